The quantitative estimate of drug-likeness (QED) is 0.367. The lowest BCUT2D eigenvalue weighted by atomic mass is 9.93. The molecule has 0 aliphatic carbocycles. The number of ether oxygens (including phenoxy) is 1. The van der Waals surface area contributed by atoms with E-state index in [-0.39, 0.29) is 34.6 Å². The molecule has 0 unspecified atom stereocenters. The summed E-state index contributed by atoms with van der Waals surface area (Å²) < 4.78 is 5.55. The van der Waals surface area contributed by atoms with Gasteiger partial charge in [0, 0.05) is 6.07 Å². The predicted octanol–water partition coefficient (Wildman–Crippen LogP) is 4.38. The molecule has 1 fully saturated rings. The number of rotatable bonds is 6. The second kappa shape index (κ2) is 8.96. The van der Waals surface area contributed by atoms with Gasteiger partial charge in [-0.05, 0) is 25.0 Å². The molecule has 1 amide bonds. The number of carbonyl (C=O) groups is 2. The third-order valence-corrected chi connectivity index (χ3v) is 6.70. The number of thioether (sulfide) groups is 1. The lowest BCUT2D eigenvalue weighted by Gasteiger charge is -2.32. The highest BCUT2D eigenvalue weighted by Gasteiger charge is 2.48. The third-order valence-electron chi connectivity index (χ3n) is 5.38. The molecular formula is C23H21N3O5S. The van der Waals surface area contributed by atoms with Crippen LogP contribution in [-0.2, 0) is 20.9 Å². The minimum atomic E-state index is -0.982. The van der Waals surface area contributed by atoms with Gasteiger partial charge in [-0.25, -0.2) is 9.79 Å². The Hall–Kier alpha value is -3.46. The molecule has 0 radical (unpaired) electrons. The molecule has 2 heterocycles. The molecule has 2 aromatic carbocycles. The van der Waals surface area contributed by atoms with Crippen LogP contribution >= 0.6 is 11.8 Å². The van der Waals surface area contributed by atoms with Crippen LogP contribution in [0, 0.1) is 10.1 Å². The Bertz CT molecular complexity index is 1150. The third kappa shape index (κ3) is 3.91. The van der Waals surface area contributed by atoms with Gasteiger partial charge in [0.15, 0.2) is 5.17 Å². The van der Waals surface area contributed by atoms with Gasteiger partial charge in [-0.2, -0.15) is 0 Å². The number of allylic oxidation sites excluding steroid dienone is 1. The normalized spacial score (nSPS) is 20.1. The highest BCUT2D eigenvalue weighted by atomic mass is 32.2. The zero-order chi connectivity index (χ0) is 22.8. The van der Waals surface area contributed by atoms with Gasteiger partial charge in [-0.3, -0.25) is 19.8 Å². The van der Waals surface area contributed by atoms with Gasteiger partial charge in [0.2, 0.25) is 5.91 Å². The number of hydrogen-bond acceptors (Lipinski definition) is 7. The zero-order valence-electron chi connectivity index (χ0n) is 17.6. The second-order valence-corrected chi connectivity index (χ2v) is 8.57. The highest BCUT2D eigenvalue weighted by molar-refractivity contribution is 8.15. The van der Waals surface area contributed by atoms with Crippen molar-refractivity contribution >= 4 is 34.5 Å². The smallest absolute Gasteiger partial charge is 0.338 e. The number of amidine groups is 1. The molecule has 0 bridgehead atoms. The predicted molar refractivity (Wildman–Crippen MR) is 121 cm³/mol. The summed E-state index contributed by atoms with van der Waals surface area (Å²) >= 11 is 1.31. The summed E-state index contributed by atoms with van der Waals surface area (Å²) in [6, 6.07) is 14.4. The topological polar surface area (TPSA) is 102 Å². The number of hydrogen-bond donors (Lipinski definition) is 0. The summed E-state index contributed by atoms with van der Waals surface area (Å²) in [7, 11) is 0. The number of fused-ring (bicyclic) bond motifs is 1. The van der Waals surface area contributed by atoms with Crippen LogP contribution in [0.25, 0.3) is 0 Å². The number of nitro benzene ring substituents is 1. The SMILES string of the molecule is CC[C@H]1SC2=NC(C)=C(C(=O)OCc3ccccc3)[C@H](c3ccccc3[N+](=O)[O-])N2C1=O. The first-order valence-electron chi connectivity index (χ1n) is 10.2. The molecule has 0 aromatic heterocycles. The van der Waals surface area contributed by atoms with E-state index in [9.17, 15) is 19.7 Å². The van der Waals surface area contributed by atoms with E-state index >= 15 is 0 Å². The Morgan fingerprint density at radius 3 is 2.56 bits per heavy atom. The monoisotopic (exact) mass is 451 g/mol. The Labute approximate surface area is 189 Å². The van der Waals surface area contributed by atoms with Gasteiger partial charge >= 0.3 is 5.97 Å². The van der Waals surface area contributed by atoms with Gasteiger partial charge in [0.05, 0.1) is 27.0 Å². The van der Waals surface area contributed by atoms with Crippen molar-refractivity contribution in [3.63, 3.8) is 0 Å². The number of esters is 1. The highest BCUT2D eigenvalue weighted by Crippen LogP contribution is 2.46. The van der Waals surface area contributed by atoms with E-state index in [1.54, 1.807) is 25.1 Å². The number of aliphatic imine (C=N–C) groups is 1. The number of nitro groups is 1. The zero-order valence-corrected chi connectivity index (χ0v) is 18.4. The molecule has 0 saturated carbocycles. The molecule has 4 rings (SSSR count). The lowest BCUT2D eigenvalue weighted by molar-refractivity contribution is -0.385. The fourth-order valence-electron chi connectivity index (χ4n) is 3.83. The maximum Gasteiger partial charge on any atom is 0.338 e. The minimum absolute atomic E-state index is 0.0386. The number of nitrogens with zero attached hydrogens (tertiary/aromatic N) is 3. The summed E-state index contributed by atoms with van der Waals surface area (Å²) in [6.45, 7) is 3.59. The van der Waals surface area contributed by atoms with E-state index in [1.807, 2.05) is 37.3 Å². The molecule has 164 valence electrons. The first-order valence-corrected chi connectivity index (χ1v) is 11.0. The summed E-state index contributed by atoms with van der Waals surface area (Å²) in [6.07, 6.45) is 0.579. The first-order chi connectivity index (χ1) is 15.4. The maximum absolute atomic E-state index is 13.2. The first kappa shape index (κ1) is 21.8. The largest absolute Gasteiger partial charge is 0.457 e. The maximum atomic E-state index is 13.2. The fraction of sp³-hybridized carbons (Fsp3) is 0.261. The average molecular weight is 452 g/mol. The molecule has 2 aromatic rings. The van der Waals surface area contributed by atoms with Crippen molar-refractivity contribution in [3.8, 4) is 0 Å². The summed E-state index contributed by atoms with van der Waals surface area (Å²) in [5.74, 6) is -0.879. The standard InChI is InChI=1S/C23H21N3O5S/c1-3-18-21(27)25-20(16-11-7-8-12-17(16)26(29)30)19(14(2)24-23(25)32-18)22(28)31-13-15-9-5-4-6-10-15/h4-12,18,20H,3,13H2,1-2H3/t18-,20+/m1/s1. The van der Waals surface area contributed by atoms with Crippen LogP contribution in [0.1, 0.15) is 37.4 Å². The molecule has 8 nitrogen and oxygen atoms in total. The summed E-state index contributed by atoms with van der Waals surface area (Å²) in [5.41, 5.74) is 1.40. The number of carbonyl (C=O) groups excluding carboxylic acids is 2. The Morgan fingerprint density at radius 2 is 1.88 bits per heavy atom. The van der Waals surface area contributed by atoms with Crippen LogP contribution in [0.4, 0.5) is 5.69 Å². The van der Waals surface area contributed by atoms with Gasteiger partial charge in [0.1, 0.15) is 12.6 Å². The molecule has 0 N–H and O–H groups in total. The van der Waals surface area contributed by atoms with Crippen molar-refractivity contribution in [2.75, 3.05) is 0 Å². The van der Waals surface area contributed by atoms with Crippen molar-refractivity contribution in [3.05, 3.63) is 87.1 Å². The van der Waals surface area contributed by atoms with Crippen LogP contribution in [0.2, 0.25) is 0 Å². The van der Waals surface area contributed by atoms with E-state index in [1.165, 1.54) is 22.7 Å². The average Bonchev–Trinajstić information content (AvgIpc) is 3.12. The molecule has 2 aliphatic rings. The van der Waals surface area contributed by atoms with E-state index in [0.717, 1.165) is 5.56 Å². The number of benzene rings is 2. The Balaban J connectivity index is 1.78. The lowest BCUT2D eigenvalue weighted by Crippen LogP contribution is -2.41. The summed E-state index contributed by atoms with van der Waals surface area (Å²) in [4.78, 5) is 43.6. The second-order valence-electron chi connectivity index (χ2n) is 7.40. The van der Waals surface area contributed by atoms with E-state index in [0.29, 0.717) is 17.3 Å². The van der Waals surface area contributed by atoms with Crippen molar-refractivity contribution in [2.24, 2.45) is 4.99 Å². The molecule has 2 aliphatic heterocycles. The molecular weight excluding hydrogens is 430 g/mol. The number of para-hydroxylation sites is 1. The molecule has 9 heteroatoms. The van der Waals surface area contributed by atoms with E-state index < -0.39 is 16.9 Å². The van der Waals surface area contributed by atoms with E-state index in [4.69, 9.17) is 4.74 Å². The van der Waals surface area contributed by atoms with Crippen molar-refractivity contribution < 1.29 is 19.2 Å². The van der Waals surface area contributed by atoms with Gasteiger partial charge in [-0.15, -0.1) is 0 Å². The van der Waals surface area contributed by atoms with Crippen molar-refractivity contribution in [1.29, 1.82) is 0 Å². The van der Waals surface area contributed by atoms with Crippen molar-refractivity contribution in [2.45, 2.75) is 38.2 Å². The fourth-order valence-corrected chi connectivity index (χ4v) is 4.96. The minimum Gasteiger partial charge on any atom is -0.457 e. The molecule has 1 saturated heterocycles. The van der Waals surface area contributed by atoms with Gasteiger partial charge in [0.25, 0.3) is 5.69 Å². The van der Waals surface area contributed by atoms with Crippen LogP contribution in [0.3, 0.4) is 0 Å². The van der Waals surface area contributed by atoms with Gasteiger partial charge in [-0.1, -0.05) is 61.2 Å². The summed E-state index contributed by atoms with van der Waals surface area (Å²) in [5, 5.41) is 11.9. The van der Waals surface area contributed by atoms with Crippen LogP contribution in [0.5, 0.6) is 0 Å². The molecule has 0 spiro atoms. The van der Waals surface area contributed by atoms with Crippen LogP contribution < -0.4 is 0 Å². The van der Waals surface area contributed by atoms with Crippen molar-refractivity contribution in [1.82, 2.24) is 4.90 Å². The van der Waals surface area contributed by atoms with Crippen LogP contribution in [0.15, 0.2) is 70.9 Å². The van der Waals surface area contributed by atoms with Crippen LogP contribution in [-0.4, -0.2) is 32.1 Å². The van der Waals surface area contributed by atoms with Gasteiger partial charge < -0.3 is 4.74 Å². The molecule has 2 atom stereocenters. The molecule has 32 heavy (non-hydrogen) atoms. The Morgan fingerprint density at radius 1 is 1.19 bits per heavy atom. The Kier molecular flexibility index (Phi) is 6.09. The van der Waals surface area contributed by atoms with E-state index in [2.05, 4.69) is 4.99 Å². The number of amides is 1.